The quantitative estimate of drug-likeness (QED) is 0.554. The monoisotopic (exact) mass is 388 g/mol. The molecule has 3 heterocycles. The number of nitrogens with zero attached hydrogens (tertiary/aromatic N) is 6. The van der Waals surface area contributed by atoms with Crippen molar-refractivity contribution in [3.8, 4) is 0 Å². The van der Waals surface area contributed by atoms with Crippen LogP contribution >= 0.6 is 0 Å². The number of carbonyl (C=O) groups excluding carboxylic acids is 1. The van der Waals surface area contributed by atoms with Crippen LogP contribution < -0.4 is 16.3 Å². The molecular weight excluding hydrogens is 364 g/mol. The highest BCUT2D eigenvalue weighted by Crippen LogP contribution is 2.29. The molecule has 28 heavy (non-hydrogen) atoms. The van der Waals surface area contributed by atoms with Gasteiger partial charge in [0.25, 0.3) is 5.56 Å². The molecule has 2 aromatic rings. The Morgan fingerprint density at radius 1 is 1.32 bits per heavy atom. The SMILES string of the molecule is C/C=C\Cn1c(=O)c2c(nc3n2[C@@H](C)C(C)=NN3CC(=O)OCC)n(C)c1=O. The number of aromatic nitrogens is 4. The van der Waals surface area contributed by atoms with Crippen LogP contribution in [0.25, 0.3) is 11.2 Å². The van der Waals surface area contributed by atoms with E-state index < -0.39 is 17.2 Å². The van der Waals surface area contributed by atoms with E-state index in [0.29, 0.717) is 17.2 Å². The minimum atomic E-state index is -0.452. The van der Waals surface area contributed by atoms with Crippen LogP contribution in [0.4, 0.5) is 5.95 Å². The number of carbonyl (C=O) groups is 1. The lowest BCUT2D eigenvalue weighted by Gasteiger charge is -2.28. The average Bonchev–Trinajstić information content (AvgIpc) is 3.06. The Morgan fingerprint density at radius 3 is 2.68 bits per heavy atom. The largest absolute Gasteiger partial charge is 0.465 e. The van der Waals surface area contributed by atoms with Crippen LogP contribution in [-0.4, -0.2) is 43.5 Å². The Labute approximate surface area is 161 Å². The Kier molecular flexibility index (Phi) is 5.21. The molecule has 0 saturated heterocycles. The molecule has 0 N–H and O–H groups in total. The first-order valence-electron chi connectivity index (χ1n) is 9.12. The number of rotatable bonds is 5. The number of allylic oxidation sites excluding steroid dienone is 2. The number of hydrogen-bond acceptors (Lipinski definition) is 7. The maximum absolute atomic E-state index is 13.1. The summed E-state index contributed by atoms with van der Waals surface area (Å²) in [7, 11) is 1.57. The Balaban J connectivity index is 2.27. The van der Waals surface area contributed by atoms with Crippen molar-refractivity contribution >= 4 is 28.8 Å². The van der Waals surface area contributed by atoms with Crippen LogP contribution in [0.3, 0.4) is 0 Å². The summed E-state index contributed by atoms with van der Waals surface area (Å²) in [6.07, 6.45) is 3.52. The van der Waals surface area contributed by atoms with Gasteiger partial charge in [0.1, 0.15) is 6.54 Å². The zero-order chi connectivity index (χ0) is 20.6. The van der Waals surface area contributed by atoms with E-state index in [2.05, 4.69) is 10.1 Å². The molecule has 150 valence electrons. The lowest BCUT2D eigenvalue weighted by atomic mass is 10.2. The third-order valence-corrected chi connectivity index (χ3v) is 4.77. The third-order valence-electron chi connectivity index (χ3n) is 4.77. The van der Waals surface area contributed by atoms with E-state index in [1.165, 1.54) is 14.1 Å². The minimum Gasteiger partial charge on any atom is -0.465 e. The van der Waals surface area contributed by atoms with Crippen molar-refractivity contribution < 1.29 is 9.53 Å². The van der Waals surface area contributed by atoms with Gasteiger partial charge < -0.3 is 4.74 Å². The van der Waals surface area contributed by atoms with Crippen LogP contribution in [0.2, 0.25) is 0 Å². The highest BCUT2D eigenvalue weighted by Gasteiger charge is 2.31. The number of fused-ring (bicyclic) bond motifs is 3. The number of anilines is 1. The van der Waals surface area contributed by atoms with Crippen molar-refractivity contribution in [2.75, 3.05) is 18.2 Å². The third kappa shape index (κ3) is 3.04. The fraction of sp³-hybridized carbons (Fsp3) is 0.500. The van der Waals surface area contributed by atoms with Gasteiger partial charge in [0, 0.05) is 13.6 Å². The summed E-state index contributed by atoms with van der Waals surface area (Å²) >= 11 is 0. The van der Waals surface area contributed by atoms with Gasteiger partial charge >= 0.3 is 11.7 Å². The van der Waals surface area contributed by atoms with Crippen molar-refractivity contribution in [1.29, 1.82) is 0 Å². The van der Waals surface area contributed by atoms with Crippen molar-refractivity contribution in [3.63, 3.8) is 0 Å². The number of hydrazone groups is 1. The van der Waals surface area contributed by atoms with E-state index in [0.717, 1.165) is 0 Å². The molecule has 10 heteroatoms. The summed E-state index contributed by atoms with van der Waals surface area (Å²) in [5.41, 5.74) is 0.398. The number of imidazole rings is 1. The van der Waals surface area contributed by atoms with E-state index in [-0.39, 0.29) is 31.4 Å². The van der Waals surface area contributed by atoms with Crippen LogP contribution in [0, 0.1) is 0 Å². The zero-order valence-electron chi connectivity index (χ0n) is 16.7. The van der Waals surface area contributed by atoms with E-state index >= 15 is 0 Å². The molecule has 0 aliphatic carbocycles. The molecule has 1 aliphatic rings. The van der Waals surface area contributed by atoms with Gasteiger partial charge in [0.05, 0.1) is 18.4 Å². The number of aryl methyl sites for hydroxylation is 1. The fourth-order valence-corrected chi connectivity index (χ4v) is 3.19. The molecule has 0 aromatic carbocycles. The van der Waals surface area contributed by atoms with Crippen LogP contribution in [-0.2, 0) is 23.1 Å². The summed E-state index contributed by atoms with van der Waals surface area (Å²) < 4.78 is 9.25. The van der Waals surface area contributed by atoms with Crippen molar-refractivity contribution in [2.24, 2.45) is 12.1 Å². The van der Waals surface area contributed by atoms with Gasteiger partial charge in [-0.05, 0) is 27.7 Å². The van der Waals surface area contributed by atoms with Crippen LogP contribution in [0.15, 0.2) is 26.8 Å². The second-order valence-corrected chi connectivity index (χ2v) is 6.56. The second-order valence-electron chi connectivity index (χ2n) is 6.56. The number of esters is 1. The van der Waals surface area contributed by atoms with Gasteiger partial charge in [-0.2, -0.15) is 10.1 Å². The number of hydrogen-bond donors (Lipinski definition) is 0. The average molecular weight is 388 g/mol. The summed E-state index contributed by atoms with van der Waals surface area (Å²) in [4.78, 5) is 42.2. The molecular formula is C18H24N6O4. The Morgan fingerprint density at radius 2 is 2.04 bits per heavy atom. The molecule has 0 amide bonds. The lowest BCUT2D eigenvalue weighted by Crippen LogP contribution is -2.40. The summed E-state index contributed by atoms with van der Waals surface area (Å²) in [6, 6.07) is -0.251. The first-order chi connectivity index (χ1) is 13.3. The van der Waals surface area contributed by atoms with Crippen LogP contribution in [0.5, 0.6) is 0 Å². The smallest absolute Gasteiger partial charge is 0.332 e. The molecule has 1 atom stereocenters. The van der Waals surface area contributed by atoms with E-state index in [1.807, 2.05) is 20.8 Å². The first kappa shape index (κ1) is 19.6. The van der Waals surface area contributed by atoms with Gasteiger partial charge in [-0.3, -0.25) is 23.3 Å². The lowest BCUT2D eigenvalue weighted by molar-refractivity contribution is -0.141. The predicted octanol–water partition coefficient (Wildman–Crippen LogP) is 0.793. The molecule has 3 rings (SSSR count). The molecule has 0 fully saturated rings. The van der Waals surface area contributed by atoms with E-state index in [9.17, 15) is 14.4 Å². The zero-order valence-corrected chi connectivity index (χ0v) is 16.7. The maximum atomic E-state index is 13.1. The van der Waals surface area contributed by atoms with E-state index in [4.69, 9.17) is 4.74 Å². The molecule has 0 saturated carbocycles. The summed E-state index contributed by atoms with van der Waals surface area (Å²) in [5, 5.41) is 5.84. The van der Waals surface area contributed by atoms with Gasteiger partial charge in [-0.1, -0.05) is 12.2 Å². The summed E-state index contributed by atoms with van der Waals surface area (Å²) in [6.45, 7) is 7.55. The van der Waals surface area contributed by atoms with Gasteiger partial charge in [0.2, 0.25) is 5.95 Å². The molecule has 0 spiro atoms. The molecule has 10 nitrogen and oxygen atoms in total. The molecule has 1 aliphatic heterocycles. The highest BCUT2D eigenvalue weighted by molar-refractivity contribution is 5.92. The highest BCUT2D eigenvalue weighted by atomic mass is 16.5. The Hall–Kier alpha value is -3.17. The van der Waals surface area contributed by atoms with Crippen molar-refractivity contribution in [3.05, 3.63) is 33.0 Å². The minimum absolute atomic E-state index is 0.137. The number of ether oxygens (including phenoxy) is 1. The molecule has 0 bridgehead atoms. The van der Waals surface area contributed by atoms with Crippen molar-refractivity contribution in [1.82, 2.24) is 18.7 Å². The van der Waals surface area contributed by atoms with Gasteiger partial charge in [-0.25, -0.2) is 9.80 Å². The molecule has 0 radical (unpaired) electrons. The van der Waals surface area contributed by atoms with Crippen LogP contribution in [0.1, 0.15) is 33.7 Å². The second kappa shape index (κ2) is 7.45. The maximum Gasteiger partial charge on any atom is 0.332 e. The first-order valence-corrected chi connectivity index (χ1v) is 9.12. The molecule has 2 aromatic heterocycles. The van der Waals surface area contributed by atoms with E-state index in [1.54, 1.807) is 30.7 Å². The predicted molar refractivity (Wildman–Crippen MR) is 106 cm³/mol. The topological polar surface area (TPSA) is 104 Å². The Bertz CT molecular complexity index is 1100. The standard InChI is InChI=1S/C18H24N6O4/c1-6-8-9-22-16(26)14-15(21(5)18(22)27)19-17-23(10-13(25)28-7-2)20-11(3)12(4)24(14)17/h6,8,12H,7,9-10H2,1-5H3/b8-6-/t12-/m0/s1. The van der Waals surface area contributed by atoms with Gasteiger partial charge in [0.15, 0.2) is 11.2 Å². The normalized spacial score (nSPS) is 16.5. The fourth-order valence-electron chi connectivity index (χ4n) is 3.19. The summed E-state index contributed by atoms with van der Waals surface area (Å²) in [5.74, 6) is -0.122. The van der Waals surface area contributed by atoms with Crippen molar-refractivity contribution in [2.45, 2.75) is 40.3 Å². The molecule has 0 unspecified atom stereocenters. The van der Waals surface area contributed by atoms with Gasteiger partial charge in [-0.15, -0.1) is 0 Å².